The molecule has 11 heteroatoms. The van der Waals surface area contributed by atoms with Crippen LogP contribution in [0.15, 0.2) is 35.8 Å². The van der Waals surface area contributed by atoms with Crippen LogP contribution in [0.1, 0.15) is 16.5 Å². The molecule has 3 aromatic rings. The molecule has 2 aromatic carbocycles. The summed E-state index contributed by atoms with van der Waals surface area (Å²) in [5.41, 5.74) is 3.57. The van der Waals surface area contributed by atoms with Gasteiger partial charge in [-0.15, -0.1) is 11.3 Å². The fraction of sp³-hybridized carbons (Fsp3) is 0.238. The van der Waals surface area contributed by atoms with Crippen LogP contribution in [0.4, 0.5) is 11.4 Å². The van der Waals surface area contributed by atoms with Gasteiger partial charge in [0.25, 0.3) is 6.47 Å². The molecular formula is C21H20ClN3O6S. The van der Waals surface area contributed by atoms with Gasteiger partial charge in [-0.2, -0.15) is 0 Å². The molecule has 1 atom stereocenters. The minimum absolute atomic E-state index is 0.00516. The summed E-state index contributed by atoms with van der Waals surface area (Å²) < 4.78 is 15.6. The van der Waals surface area contributed by atoms with Gasteiger partial charge >= 0.3 is 5.69 Å². The first kappa shape index (κ1) is 23.3. The zero-order valence-corrected chi connectivity index (χ0v) is 19.0. The normalized spacial score (nSPS) is 11.5. The molecule has 1 N–H and O–H groups in total. The van der Waals surface area contributed by atoms with Crippen molar-refractivity contribution in [2.45, 2.75) is 13.0 Å². The van der Waals surface area contributed by atoms with Gasteiger partial charge in [0, 0.05) is 10.6 Å². The number of carbonyl (C=O) groups excluding carboxylic acids is 1. The lowest BCUT2D eigenvalue weighted by Gasteiger charge is -2.21. The SMILES string of the molecule is COc1c(C)cc(NC(COC=O)c2scnc2-c2cccc(Cl)c2)c([N+](=O)[O-])c1OC. The molecule has 9 nitrogen and oxygen atoms in total. The molecule has 1 unspecified atom stereocenters. The molecule has 0 amide bonds. The third kappa shape index (κ3) is 4.76. The van der Waals surface area contributed by atoms with E-state index in [-0.39, 0.29) is 29.5 Å². The van der Waals surface area contributed by atoms with Crippen molar-refractivity contribution in [3.8, 4) is 22.8 Å². The van der Waals surface area contributed by atoms with Crippen molar-refractivity contribution < 1.29 is 23.9 Å². The third-order valence-corrected chi connectivity index (χ3v) is 5.83. The van der Waals surface area contributed by atoms with Crippen molar-refractivity contribution in [3.63, 3.8) is 0 Å². The molecule has 0 saturated carbocycles. The summed E-state index contributed by atoms with van der Waals surface area (Å²) in [7, 11) is 2.75. The molecular weight excluding hydrogens is 458 g/mol. The van der Waals surface area contributed by atoms with Gasteiger partial charge in [-0.25, -0.2) is 4.98 Å². The zero-order valence-electron chi connectivity index (χ0n) is 17.5. The fourth-order valence-corrected chi connectivity index (χ4v) is 4.39. The molecule has 0 aliphatic heterocycles. The molecule has 0 spiro atoms. The van der Waals surface area contributed by atoms with Crippen molar-refractivity contribution in [1.82, 2.24) is 4.98 Å². The Hall–Kier alpha value is -3.37. The average Bonchev–Trinajstić information content (AvgIpc) is 3.25. The number of ether oxygens (including phenoxy) is 3. The standard InChI is InChI=1S/C21H20ClN3O6S/c1-12-7-15(18(25(27)28)20(30-3)19(12)29-2)24-16(9-31-11-26)21-17(23-10-32-21)13-5-4-6-14(22)8-13/h4-8,10-11,16,24H,9H2,1-3H3. The predicted molar refractivity (Wildman–Crippen MR) is 122 cm³/mol. The van der Waals surface area contributed by atoms with E-state index in [1.54, 1.807) is 36.7 Å². The van der Waals surface area contributed by atoms with Crippen LogP contribution in [0.3, 0.4) is 0 Å². The number of nitro groups is 1. The molecule has 0 saturated heterocycles. The molecule has 1 heterocycles. The number of hydrogen-bond acceptors (Lipinski definition) is 9. The number of nitrogens with one attached hydrogen (secondary N) is 1. The van der Waals surface area contributed by atoms with E-state index in [1.807, 2.05) is 6.07 Å². The zero-order chi connectivity index (χ0) is 23.3. The number of rotatable bonds is 10. The number of nitro benzene ring substituents is 1. The Bertz CT molecular complexity index is 1140. The second-order valence-corrected chi connectivity index (χ2v) is 7.94. The largest absolute Gasteiger partial charge is 0.492 e. The van der Waals surface area contributed by atoms with E-state index in [0.717, 1.165) is 10.4 Å². The predicted octanol–water partition coefficient (Wildman–Crippen LogP) is 5.02. The number of nitrogens with zero attached hydrogens (tertiary/aromatic N) is 2. The summed E-state index contributed by atoms with van der Waals surface area (Å²) in [5, 5.41) is 15.6. The van der Waals surface area contributed by atoms with E-state index in [2.05, 4.69) is 10.3 Å². The summed E-state index contributed by atoms with van der Waals surface area (Å²) in [6.45, 7) is 1.99. The van der Waals surface area contributed by atoms with Crippen molar-refractivity contribution in [3.05, 3.63) is 61.4 Å². The monoisotopic (exact) mass is 477 g/mol. The minimum Gasteiger partial charge on any atom is -0.492 e. The molecule has 0 aliphatic rings. The fourth-order valence-electron chi connectivity index (χ4n) is 3.35. The highest BCUT2D eigenvalue weighted by Crippen LogP contribution is 2.46. The van der Waals surface area contributed by atoms with E-state index < -0.39 is 11.0 Å². The summed E-state index contributed by atoms with van der Waals surface area (Å²) in [6, 6.07) is 8.13. The molecule has 1 aromatic heterocycles. The second kappa shape index (κ2) is 10.3. The lowest BCUT2D eigenvalue weighted by Crippen LogP contribution is -2.18. The van der Waals surface area contributed by atoms with Gasteiger partial charge in [-0.3, -0.25) is 14.9 Å². The van der Waals surface area contributed by atoms with Crippen molar-refractivity contribution in [1.29, 1.82) is 0 Å². The Balaban J connectivity index is 2.11. The number of aryl methyl sites for hydroxylation is 1. The van der Waals surface area contributed by atoms with E-state index in [1.165, 1.54) is 25.6 Å². The number of benzene rings is 2. The van der Waals surface area contributed by atoms with Crippen LogP contribution in [0, 0.1) is 17.0 Å². The highest BCUT2D eigenvalue weighted by molar-refractivity contribution is 7.10. The van der Waals surface area contributed by atoms with Crippen LogP contribution in [-0.4, -0.2) is 37.2 Å². The number of carbonyl (C=O) groups is 1. The van der Waals surface area contributed by atoms with Crippen LogP contribution >= 0.6 is 22.9 Å². The smallest absolute Gasteiger partial charge is 0.337 e. The van der Waals surface area contributed by atoms with Crippen LogP contribution in [0.25, 0.3) is 11.3 Å². The number of hydrogen-bond donors (Lipinski definition) is 1. The van der Waals surface area contributed by atoms with Gasteiger partial charge in [0.1, 0.15) is 12.3 Å². The first-order valence-electron chi connectivity index (χ1n) is 9.32. The first-order valence-corrected chi connectivity index (χ1v) is 10.6. The maximum atomic E-state index is 11.9. The third-order valence-electron chi connectivity index (χ3n) is 4.66. The maximum Gasteiger partial charge on any atom is 0.337 e. The Morgan fingerprint density at radius 2 is 2.03 bits per heavy atom. The second-order valence-electron chi connectivity index (χ2n) is 6.62. The van der Waals surface area contributed by atoms with Crippen LogP contribution in [0.2, 0.25) is 5.02 Å². The highest BCUT2D eigenvalue weighted by Gasteiger charge is 2.30. The van der Waals surface area contributed by atoms with Gasteiger partial charge in [0.2, 0.25) is 5.75 Å². The molecule has 32 heavy (non-hydrogen) atoms. The molecule has 0 aliphatic carbocycles. The number of methoxy groups -OCH3 is 2. The van der Waals surface area contributed by atoms with Gasteiger partial charge < -0.3 is 19.5 Å². The van der Waals surface area contributed by atoms with E-state index in [4.69, 9.17) is 25.8 Å². The summed E-state index contributed by atoms with van der Waals surface area (Å²) >= 11 is 7.46. The Morgan fingerprint density at radius 3 is 2.66 bits per heavy atom. The lowest BCUT2D eigenvalue weighted by atomic mass is 10.1. The number of anilines is 1. The van der Waals surface area contributed by atoms with Crippen molar-refractivity contribution in [2.75, 3.05) is 26.1 Å². The summed E-state index contributed by atoms with van der Waals surface area (Å²) in [6.07, 6.45) is 0. The topological polar surface area (TPSA) is 113 Å². The van der Waals surface area contributed by atoms with Gasteiger partial charge in [0.15, 0.2) is 5.75 Å². The van der Waals surface area contributed by atoms with Crippen LogP contribution in [-0.2, 0) is 9.53 Å². The van der Waals surface area contributed by atoms with Crippen LogP contribution < -0.4 is 14.8 Å². The summed E-state index contributed by atoms with van der Waals surface area (Å²) in [4.78, 5) is 27.4. The number of thiazole rings is 1. The molecule has 0 radical (unpaired) electrons. The Morgan fingerprint density at radius 1 is 1.28 bits per heavy atom. The van der Waals surface area contributed by atoms with Crippen molar-refractivity contribution >= 4 is 40.8 Å². The van der Waals surface area contributed by atoms with Gasteiger partial charge in [-0.05, 0) is 30.7 Å². The minimum atomic E-state index is -0.627. The van der Waals surface area contributed by atoms with Gasteiger partial charge in [0.05, 0.1) is 41.3 Å². The van der Waals surface area contributed by atoms with E-state index in [9.17, 15) is 14.9 Å². The average molecular weight is 478 g/mol. The summed E-state index contributed by atoms with van der Waals surface area (Å²) in [5.74, 6) is 0.261. The highest BCUT2D eigenvalue weighted by atomic mass is 35.5. The number of halogens is 1. The molecule has 3 rings (SSSR count). The Kier molecular flexibility index (Phi) is 7.49. The number of aromatic nitrogens is 1. The Labute approximate surface area is 193 Å². The molecule has 0 bridgehead atoms. The first-order chi connectivity index (χ1) is 15.4. The van der Waals surface area contributed by atoms with Crippen LogP contribution in [0.5, 0.6) is 11.5 Å². The molecule has 0 fully saturated rings. The molecule has 168 valence electrons. The van der Waals surface area contributed by atoms with Crippen molar-refractivity contribution in [2.24, 2.45) is 0 Å². The van der Waals surface area contributed by atoms with Gasteiger partial charge in [-0.1, -0.05) is 23.7 Å². The maximum absolute atomic E-state index is 11.9. The lowest BCUT2D eigenvalue weighted by molar-refractivity contribution is -0.384. The van der Waals surface area contributed by atoms with E-state index in [0.29, 0.717) is 22.8 Å². The van der Waals surface area contributed by atoms with E-state index >= 15 is 0 Å². The quantitative estimate of drug-likeness (QED) is 0.246.